The summed E-state index contributed by atoms with van der Waals surface area (Å²) in [4.78, 5) is 13.3. The molecule has 1 rings (SSSR count). The zero-order valence-electron chi connectivity index (χ0n) is 11.4. The molecule has 0 aliphatic rings. The summed E-state index contributed by atoms with van der Waals surface area (Å²) in [6.45, 7) is 3.56. The van der Waals surface area contributed by atoms with Crippen molar-refractivity contribution in [1.29, 1.82) is 0 Å². The normalized spacial score (nSPS) is 11.2. The molecular formula is C14H21NO3. The second kappa shape index (κ2) is 5.87. The molecule has 18 heavy (non-hydrogen) atoms. The third kappa shape index (κ3) is 4.04. The number of carbonyl (C=O) groups is 1. The molecule has 1 aromatic carbocycles. The molecule has 4 heteroatoms. The maximum Gasteiger partial charge on any atom is 0.253 e. The van der Waals surface area contributed by atoms with Crippen molar-refractivity contribution in [2.75, 3.05) is 20.7 Å². The largest absolute Gasteiger partial charge is 0.497 e. The monoisotopic (exact) mass is 251 g/mol. The minimum absolute atomic E-state index is 0.273. The molecule has 0 atom stereocenters. The van der Waals surface area contributed by atoms with Gasteiger partial charge in [-0.05, 0) is 38.0 Å². The highest BCUT2D eigenvalue weighted by Crippen LogP contribution is 2.13. The number of methoxy groups -OCH3 is 1. The Kier molecular flexibility index (Phi) is 4.73. The van der Waals surface area contributed by atoms with E-state index in [1.807, 2.05) is 24.3 Å². The molecule has 0 aliphatic carbocycles. The van der Waals surface area contributed by atoms with Crippen LogP contribution in [0.5, 0.6) is 5.75 Å². The van der Waals surface area contributed by atoms with Gasteiger partial charge in [-0.3, -0.25) is 4.79 Å². The number of aliphatic hydroxyl groups is 1. The average molecular weight is 251 g/mol. The van der Waals surface area contributed by atoms with Crippen molar-refractivity contribution in [2.45, 2.75) is 25.9 Å². The lowest BCUT2D eigenvalue weighted by Gasteiger charge is -2.24. The molecule has 0 heterocycles. The zero-order valence-corrected chi connectivity index (χ0v) is 11.4. The van der Waals surface area contributed by atoms with Crippen molar-refractivity contribution in [3.05, 3.63) is 29.8 Å². The Balaban J connectivity index is 2.57. The van der Waals surface area contributed by atoms with Gasteiger partial charge in [0.2, 0.25) is 0 Å². The molecular weight excluding hydrogens is 230 g/mol. The number of amides is 1. The molecule has 0 radical (unpaired) electrons. The molecule has 4 nitrogen and oxygen atoms in total. The molecule has 0 unspecified atom stereocenters. The number of benzene rings is 1. The second-order valence-electron chi connectivity index (χ2n) is 4.89. The molecule has 100 valence electrons. The van der Waals surface area contributed by atoms with Crippen molar-refractivity contribution in [3.63, 3.8) is 0 Å². The summed E-state index contributed by atoms with van der Waals surface area (Å²) in [5.41, 5.74) is -0.215. The fraction of sp³-hybridized carbons (Fsp3) is 0.500. The van der Waals surface area contributed by atoms with Crippen molar-refractivity contribution < 1.29 is 14.6 Å². The van der Waals surface area contributed by atoms with Gasteiger partial charge < -0.3 is 14.7 Å². The molecule has 0 bridgehead atoms. The minimum atomic E-state index is -1.32. The van der Waals surface area contributed by atoms with E-state index in [-0.39, 0.29) is 5.91 Å². The fourth-order valence-corrected chi connectivity index (χ4v) is 1.69. The summed E-state index contributed by atoms with van der Waals surface area (Å²) in [5, 5.41) is 9.62. The topological polar surface area (TPSA) is 49.8 Å². The number of nitrogens with zero attached hydrogens (tertiary/aromatic N) is 1. The highest BCUT2D eigenvalue weighted by molar-refractivity contribution is 5.83. The first-order valence-corrected chi connectivity index (χ1v) is 5.95. The van der Waals surface area contributed by atoms with E-state index in [9.17, 15) is 9.90 Å². The molecule has 0 spiro atoms. The Hall–Kier alpha value is -1.55. The van der Waals surface area contributed by atoms with Crippen LogP contribution in [0.15, 0.2) is 24.3 Å². The molecule has 0 fully saturated rings. The van der Waals surface area contributed by atoms with Gasteiger partial charge in [0.1, 0.15) is 11.4 Å². The first-order valence-electron chi connectivity index (χ1n) is 5.95. The van der Waals surface area contributed by atoms with Crippen molar-refractivity contribution in [2.24, 2.45) is 0 Å². The van der Waals surface area contributed by atoms with E-state index in [2.05, 4.69) is 0 Å². The Morgan fingerprint density at radius 3 is 2.67 bits per heavy atom. The maximum atomic E-state index is 11.8. The van der Waals surface area contributed by atoms with E-state index in [1.165, 1.54) is 13.8 Å². The van der Waals surface area contributed by atoms with E-state index in [0.29, 0.717) is 6.54 Å². The zero-order chi connectivity index (χ0) is 13.8. The van der Waals surface area contributed by atoms with Crippen LogP contribution in [-0.4, -0.2) is 42.2 Å². The lowest BCUT2D eigenvalue weighted by Crippen LogP contribution is -2.43. The summed E-state index contributed by atoms with van der Waals surface area (Å²) in [7, 11) is 3.32. The fourth-order valence-electron chi connectivity index (χ4n) is 1.69. The van der Waals surface area contributed by atoms with Crippen molar-refractivity contribution in [3.8, 4) is 5.75 Å². The van der Waals surface area contributed by atoms with Gasteiger partial charge >= 0.3 is 0 Å². The summed E-state index contributed by atoms with van der Waals surface area (Å²) in [6.07, 6.45) is 0.732. The molecule has 0 aliphatic heterocycles. The predicted octanol–water partition coefficient (Wildman–Crippen LogP) is 1.47. The highest BCUT2D eigenvalue weighted by atomic mass is 16.5. The number of hydrogen-bond acceptors (Lipinski definition) is 3. The van der Waals surface area contributed by atoms with Gasteiger partial charge in [-0.1, -0.05) is 12.1 Å². The summed E-state index contributed by atoms with van der Waals surface area (Å²) < 4.78 is 5.14. The maximum absolute atomic E-state index is 11.8. The van der Waals surface area contributed by atoms with Crippen LogP contribution >= 0.6 is 0 Å². The number of ether oxygens (including phenoxy) is 1. The van der Waals surface area contributed by atoms with Crippen molar-refractivity contribution >= 4 is 5.91 Å². The van der Waals surface area contributed by atoms with E-state index >= 15 is 0 Å². The van der Waals surface area contributed by atoms with Crippen LogP contribution < -0.4 is 4.74 Å². The van der Waals surface area contributed by atoms with Crippen LogP contribution in [0.2, 0.25) is 0 Å². The van der Waals surface area contributed by atoms with E-state index in [4.69, 9.17) is 4.74 Å². The van der Waals surface area contributed by atoms with E-state index in [1.54, 1.807) is 19.1 Å². The van der Waals surface area contributed by atoms with Gasteiger partial charge in [0.05, 0.1) is 7.11 Å². The van der Waals surface area contributed by atoms with Gasteiger partial charge in [-0.25, -0.2) is 0 Å². The first kappa shape index (κ1) is 14.5. The van der Waals surface area contributed by atoms with Gasteiger partial charge in [0, 0.05) is 13.6 Å². The van der Waals surface area contributed by atoms with Gasteiger partial charge in [0.15, 0.2) is 0 Å². The molecule has 0 saturated heterocycles. The van der Waals surface area contributed by atoms with Crippen LogP contribution in [0.4, 0.5) is 0 Å². The van der Waals surface area contributed by atoms with E-state index in [0.717, 1.165) is 17.7 Å². The Morgan fingerprint density at radius 1 is 1.44 bits per heavy atom. The van der Waals surface area contributed by atoms with Gasteiger partial charge in [0.25, 0.3) is 5.91 Å². The summed E-state index contributed by atoms with van der Waals surface area (Å²) in [6, 6.07) is 7.74. The summed E-state index contributed by atoms with van der Waals surface area (Å²) >= 11 is 0. The van der Waals surface area contributed by atoms with Gasteiger partial charge in [-0.2, -0.15) is 0 Å². The number of rotatable bonds is 5. The van der Waals surface area contributed by atoms with Crippen molar-refractivity contribution in [1.82, 2.24) is 4.90 Å². The molecule has 0 saturated carbocycles. The number of hydrogen-bond donors (Lipinski definition) is 1. The SMILES string of the molecule is COc1cccc(CCN(C)C(=O)C(C)(C)O)c1. The lowest BCUT2D eigenvalue weighted by molar-refractivity contribution is -0.146. The first-order chi connectivity index (χ1) is 8.34. The molecule has 1 N–H and O–H groups in total. The van der Waals surface area contributed by atoms with Crippen LogP contribution in [-0.2, 0) is 11.2 Å². The summed E-state index contributed by atoms with van der Waals surface area (Å²) in [5.74, 6) is 0.536. The van der Waals surface area contributed by atoms with Gasteiger partial charge in [-0.15, -0.1) is 0 Å². The molecule has 0 aromatic heterocycles. The Labute approximate surface area is 108 Å². The number of carbonyl (C=O) groups excluding carboxylic acids is 1. The van der Waals surface area contributed by atoms with Crippen LogP contribution in [0.25, 0.3) is 0 Å². The molecule has 1 amide bonds. The second-order valence-corrected chi connectivity index (χ2v) is 4.89. The minimum Gasteiger partial charge on any atom is -0.497 e. The Bertz CT molecular complexity index is 410. The lowest BCUT2D eigenvalue weighted by atomic mass is 10.1. The van der Waals surface area contributed by atoms with Crippen LogP contribution in [0, 0.1) is 0 Å². The third-order valence-electron chi connectivity index (χ3n) is 2.74. The van der Waals surface area contributed by atoms with Crippen LogP contribution in [0.1, 0.15) is 19.4 Å². The highest BCUT2D eigenvalue weighted by Gasteiger charge is 2.26. The van der Waals surface area contributed by atoms with Crippen LogP contribution in [0.3, 0.4) is 0 Å². The smallest absolute Gasteiger partial charge is 0.253 e. The quantitative estimate of drug-likeness (QED) is 0.862. The third-order valence-corrected chi connectivity index (χ3v) is 2.74. The van der Waals surface area contributed by atoms with E-state index < -0.39 is 5.60 Å². The standard InChI is InChI=1S/C14H21NO3/c1-14(2,17)13(16)15(3)9-8-11-6-5-7-12(10-11)18-4/h5-7,10,17H,8-9H2,1-4H3. The predicted molar refractivity (Wildman–Crippen MR) is 70.6 cm³/mol. The Morgan fingerprint density at radius 2 is 2.11 bits per heavy atom. The molecule has 1 aromatic rings. The average Bonchev–Trinajstić information content (AvgIpc) is 2.34. The number of likely N-dealkylation sites (N-methyl/N-ethyl adjacent to an activating group) is 1.